The van der Waals surface area contributed by atoms with Crippen LogP contribution in [0.5, 0.6) is 0 Å². The van der Waals surface area contributed by atoms with Gasteiger partial charge in [-0.1, -0.05) is 12.8 Å². The van der Waals surface area contributed by atoms with Crippen molar-refractivity contribution >= 4 is 18.0 Å². The summed E-state index contributed by atoms with van der Waals surface area (Å²) < 4.78 is 0. The van der Waals surface area contributed by atoms with Crippen LogP contribution in [0.4, 0.5) is 4.79 Å². The molecule has 0 aromatic carbocycles. The van der Waals surface area contributed by atoms with Gasteiger partial charge in [0.05, 0.1) is 6.42 Å². The third-order valence-corrected chi connectivity index (χ3v) is 4.25. The first-order valence-corrected chi connectivity index (χ1v) is 7.00. The molecule has 2 rings (SSSR count). The maximum atomic E-state index is 12.2. The second kappa shape index (κ2) is 6.11. The smallest absolute Gasteiger partial charge is 0.326 e. The Labute approximate surface area is 116 Å². The minimum absolute atomic E-state index is 0.183. The van der Waals surface area contributed by atoms with E-state index in [-0.39, 0.29) is 6.04 Å². The number of carbonyl (C=O) groups is 3. The average molecular weight is 284 g/mol. The summed E-state index contributed by atoms with van der Waals surface area (Å²) in [7, 11) is 0. The minimum Gasteiger partial charge on any atom is -0.481 e. The lowest BCUT2D eigenvalue weighted by Gasteiger charge is -2.32. The zero-order chi connectivity index (χ0) is 14.7. The van der Waals surface area contributed by atoms with Crippen LogP contribution in [0, 0.1) is 5.92 Å². The van der Waals surface area contributed by atoms with E-state index in [0.717, 1.165) is 25.7 Å². The first-order chi connectivity index (χ1) is 9.49. The molecular formula is C13H20N2O5. The van der Waals surface area contributed by atoms with E-state index in [9.17, 15) is 14.4 Å². The van der Waals surface area contributed by atoms with Gasteiger partial charge >= 0.3 is 18.0 Å². The van der Waals surface area contributed by atoms with Crippen LogP contribution in [0.25, 0.3) is 0 Å². The molecular weight excluding hydrogens is 264 g/mol. The van der Waals surface area contributed by atoms with E-state index < -0.39 is 30.4 Å². The van der Waals surface area contributed by atoms with Crippen molar-refractivity contribution in [2.75, 3.05) is 6.54 Å². The first kappa shape index (κ1) is 14.6. The summed E-state index contributed by atoms with van der Waals surface area (Å²) >= 11 is 0. The van der Waals surface area contributed by atoms with Crippen molar-refractivity contribution < 1.29 is 24.6 Å². The molecule has 1 aliphatic heterocycles. The highest BCUT2D eigenvalue weighted by molar-refractivity contribution is 5.86. The summed E-state index contributed by atoms with van der Waals surface area (Å²) in [4.78, 5) is 35.4. The maximum absolute atomic E-state index is 12.2. The van der Waals surface area contributed by atoms with Gasteiger partial charge in [0, 0.05) is 12.6 Å². The number of nitrogens with one attached hydrogen (secondary N) is 1. The number of carboxylic acid groups (broad SMARTS) is 2. The van der Waals surface area contributed by atoms with Crippen molar-refractivity contribution in [1.29, 1.82) is 0 Å². The number of likely N-dealkylation sites (tertiary alicyclic amines) is 1. The molecule has 1 saturated heterocycles. The van der Waals surface area contributed by atoms with Crippen molar-refractivity contribution in [2.45, 2.75) is 50.6 Å². The molecule has 2 unspecified atom stereocenters. The number of rotatable bonds is 4. The molecule has 20 heavy (non-hydrogen) atoms. The number of aliphatic carboxylic acids is 2. The third kappa shape index (κ3) is 3.20. The zero-order valence-electron chi connectivity index (χ0n) is 11.2. The first-order valence-electron chi connectivity index (χ1n) is 7.00. The summed E-state index contributed by atoms with van der Waals surface area (Å²) in [5.41, 5.74) is 0. The lowest BCUT2D eigenvalue weighted by atomic mass is 9.85. The molecule has 1 heterocycles. The van der Waals surface area contributed by atoms with E-state index in [4.69, 9.17) is 10.2 Å². The number of nitrogens with zero attached hydrogens (tertiary/aromatic N) is 1. The predicted octanol–water partition coefficient (Wildman–Crippen LogP) is 0.888. The van der Waals surface area contributed by atoms with Gasteiger partial charge in [0.1, 0.15) is 6.04 Å². The fourth-order valence-corrected chi connectivity index (χ4v) is 3.26. The number of urea groups is 1. The Hall–Kier alpha value is -1.79. The van der Waals surface area contributed by atoms with E-state index in [1.54, 1.807) is 4.90 Å². The molecule has 1 saturated carbocycles. The summed E-state index contributed by atoms with van der Waals surface area (Å²) in [6.45, 7) is 0.626. The van der Waals surface area contributed by atoms with E-state index in [1.807, 2.05) is 0 Å². The molecule has 3 N–H and O–H groups in total. The van der Waals surface area contributed by atoms with Crippen molar-refractivity contribution in [3.8, 4) is 0 Å². The molecule has 2 amide bonds. The van der Waals surface area contributed by atoms with Gasteiger partial charge in [-0.15, -0.1) is 0 Å². The highest BCUT2D eigenvalue weighted by Crippen LogP contribution is 2.36. The van der Waals surface area contributed by atoms with Gasteiger partial charge in [0.15, 0.2) is 0 Å². The number of hydrogen-bond acceptors (Lipinski definition) is 3. The van der Waals surface area contributed by atoms with Gasteiger partial charge in [-0.05, 0) is 25.2 Å². The summed E-state index contributed by atoms with van der Waals surface area (Å²) in [5.74, 6) is -2.05. The quantitative estimate of drug-likeness (QED) is 0.710. The van der Waals surface area contributed by atoms with Crippen LogP contribution in [-0.2, 0) is 9.59 Å². The van der Waals surface area contributed by atoms with Gasteiger partial charge < -0.3 is 20.4 Å². The minimum atomic E-state index is -1.37. The molecule has 0 spiro atoms. The normalized spacial score (nSPS) is 26.7. The van der Waals surface area contributed by atoms with Crippen LogP contribution < -0.4 is 5.32 Å². The number of hydrogen-bond donors (Lipinski definition) is 3. The Morgan fingerprint density at radius 2 is 1.85 bits per heavy atom. The third-order valence-electron chi connectivity index (χ3n) is 4.25. The topological polar surface area (TPSA) is 107 Å². The number of carbonyl (C=O) groups excluding carboxylic acids is 1. The van der Waals surface area contributed by atoms with Crippen molar-refractivity contribution in [2.24, 2.45) is 5.92 Å². The van der Waals surface area contributed by atoms with Crippen LogP contribution in [0.1, 0.15) is 38.5 Å². The van der Waals surface area contributed by atoms with E-state index >= 15 is 0 Å². The Balaban J connectivity index is 1.96. The number of carboxylic acids is 2. The van der Waals surface area contributed by atoms with Crippen molar-refractivity contribution in [3.63, 3.8) is 0 Å². The monoisotopic (exact) mass is 284 g/mol. The second-order valence-corrected chi connectivity index (χ2v) is 5.53. The second-order valence-electron chi connectivity index (χ2n) is 5.53. The van der Waals surface area contributed by atoms with E-state index in [0.29, 0.717) is 12.5 Å². The zero-order valence-corrected chi connectivity index (χ0v) is 11.2. The standard InChI is InChI=1S/C13H20N2O5/c16-11(17)7-9(12(18)19)14-13(20)15-6-5-8-3-1-2-4-10(8)15/h8-10H,1-7H2,(H,14,20)(H,16,17)(H,18,19)/t8?,9-,10?/m1/s1. The Morgan fingerprint density at radius 1 is 1.15 bits per heavy atom. The van der Waals surface area contributed by atoms with Crippen LogP contribution in [0.15, 0.2) is 0 Å². The van der Waals surface area contributed by atoms with Gasteiger partial charge in [-0.3, -0.25) is 4.79 Å². The summed E-state index contributed by atoms with van der Waals surface area (Å²) in [6, 6.07) is -1.64. The van der Waals surface area contributed by atoms with Crippen LogP contribution in [0.3, 0.4) is 0 Å². The molecule has 7 heteroatoms. The van der Waals surface area contributed by atoms with Crippen LogP contribution in [-0.4, -0.2) is 51.7 Å². The lowest BCUT2D eigenvalue weighted by Crippen LogP contribution is -2.51. The lowest BCUT2D eigenvalue weighted by molar-refractivity contribution is -0.145. The van der Waals surface area contributed by atoms with E-state index in [1.165, 1.54) is 6.42 Å². The van der Waals surface area contributed by atoms with E-state index in [2.05, 4.69) is 5.32 Å². The largest absolute Gasteiger partial charge is 0.481 e. The Morgan fingerprint density at radius 3 is 2.50 bits per heavy atom. The molecule has 2 aliphatic rings. The molecule has 2 fully saturated rings. The number of amides is 2. The molecule has 112 valence electrons. The van der Waals surface area contributed by atoms with Crippen molar-refractivity contribution in [3.05, 3.63) is 0 Å². The summed E-state index contributed by atoms with van der Waals surface area (Å²) in [5, 5.41) is 19.9. The molecule has 7 nitrogen and oxygen atoms in total. The molecule has 0 aromatic rings. The predicted molar refractivity (Wildman–Crippen MR) is 69.3 cm³/mol. The van der Waals surface area contributed by atoms with Gasteiger partial charge in [-0.25, -0.2) is 9.59 Å². The molecule has 0 radical (unpaired) electrons. The Kier molecular flexibility index (Phi) is 4.46. The fraction of sp³-hybridized carbons (Fsp3) is 0.769. The average Bonchev–Trinajstić information content (AvgIpc) is 2.81. The molecule has 0 aromatic heterocycles. The van der Waals surface area contributed by atoms with Gasteiger partial charge in [0.2, 0.25) is 0 Å². The van der Waals surface area contributed by atoms with Gasteiger partial charge in [0.25, 0.3) is 0 Å². The summed E-state index contributed by atoms with van der Waals surface area (Å²) in [6.07, 6.45) is 4.69. The maximum Gasteiger partial charge on any atom is 0.326 e. The van der Waals surface area contributed by atoms with Crippen LogP contribution in [0.2, 0.25) is 0 Å². The van der Waals surface area contributed by atoms with Crippen molar-refractivity contribution in [1.82, 2.24) is 10.2 Å². The molecule has 0 bridgehead atoms. The SMILES string of the molecule is O=C(O)C[C@@H](NC(=O)N1CCC2CCCCC21)C(=O)O. The number of fused-ring (bicyclic) bond motifs is 1. The van der Waals surface area contributed by atoms with Gasteiger partial charge in [-0.2, -0.15) is 0 Å². The fourth-order valence-electron chi connectivity index (χ4n) is 3.26. The molecule has 1 aliphatic carbocycles. The highest BCUT2D eigenvalue weighted by atomic mass is 16.4. The molecule has 3 atom stereocenters. The Bertz CT molecular complexity index is 412. The van der Waals surface area contributed by atoms with Crippen LogP contribution >= 0.6 is 0 Å². The highest BCUT2D eigenvalue weighted by Gasteiger charge is 2.39.